The van der Waals surface area contributed by atoms with Gasteiger partial charge in [0.2, 0.25) is 0 Å². The molecule has 4 heteroatoms. The molecule has 1 saturated heterocycles. The van der Waals surface area contributed by atoms with Crippen LogP contribution < -0.4 is 0 Å². The van der Waals surface area contributed by atoms with Gasteiger partial charge in [-0.15, -0.1) is 5.10 Å². The molecule has 0 amide bonds. The minimum Gasteiger partial charge on any atom is -0.298 e. The second-order valence-electron chi connectivity index (χ2n) is 5.40. The van der Waals surface area contributed by atoms with Crippen molar-refractivity contribution in [1.29, 1.82) is 0 Å². The monoisotopic (exact) mass is 208 g/mol. The minimum absolute atomic E-state index is 0.0302. The molecule has 1 aromatic rings. The Balaban J connectivity index is 2.20. The van der Waals surface area contributed by atoms with E-state index in [1.54, 1.807) is 0 Å². The largest absolute Gasteiger partial charge is 0.298 e. The van der Waals surface area contributed by atoms with Crippen LogP contribution in [0, 0.1) is 0 Å². The van der Waals surface area contributed by atoms with Gasteiger partial charge in [0.1, 0.15) is 0 Å². The molecule has 0 spiro atoms. The Morgan fingerprint density at radius 3 is 2.60 bits per heavy atom. The first-order valence-electron chi connectivity index (χ1n) is 5.61. The second kappa shape index (κ2) is 3.59. The number of aromatic nitrogens is 3. The summed E-state index contributed by atoms with van der Waals surface area (Å²) in [7, 11) is 2.16. The highest BCUT2D eigenvalue weighted by molar-refractivity contribution is 5.04. The van der Waals surface area contributed by atoms with Gasteiger partial charge in [-0.2, -0.15) is 0 Å². The maximum Gasteiger partial charge on any atom is 0.0998 e. The van der Waals surface area contributed by atoms with Gasteiger partial charge in [0.05, 0.1) is 23.5 Å². The van der Waals surface area contributed by atoms with Gasteiger partial charge in [-0.25, -0.2) is 4.68 Å². The molecule has 1 fully saturated rings. The Bertz CT molecular complexity index is 337. The molecule has 84 valence electrons. The van der Waals surface area contributed by atoms with Crippen LogP contribution in [0.25, 0.3) is 0 Å². The number of hydrogen-bond donors (Lipinski definition) is 0. The van der Waals surface area contributed by atoms with Crippen molar-refractivity contribution in [1.82, 2.24) is 19.9 Å². The zero-order valence-corrected chi connectivity index (χ0v) is 10.1. The normalized spacial score (nSPS) is 23.6. The molecule has 0 unspecified atom stereocenters. The molecule has 0 aliphatic carbocycles. The van der Waals surface area contributed by atoms with Crippen LogP contribution in [0.1, 0.15) is 45.3 Å². The quantitative estimate of drug-likeness (QED) is 0.705. The lowest BCUT2D eigenvalue weighted by atomic mass is 10.1. The van der Waals surface area contributed by atoms with Crippen LogP contribution in [-0.4, -0.2) is 33.5 Å². The molecular weight excluding hydrogens is 188 g/mol. The van der Waals surface area contributed by atoms with Gasteiger partial charge in [0.15, 0.2) is 0 Å². The van der Waals surface area contributed by atoms with Crippen molar-refractivity contribution < 1.29 is 0 Å². The van der Waals surface area contributed by atoms with E-state index in [4.69, 9.17) is 0 Å². The van der Waals surface area contributed by atoms with Crippen molar-refractivity contribution >= 4 is 0 Å². The smallest absolute Gasteiger partial charge is 0.0998 e. The predicted molar refractivity (Wildman–Crippen MR) is 59.6 cm³/mol. The van der Waals surface area contributed by atoms with Gasteiger partial charge in [0, 0.05) is 0 Å². The van der Waals surface area contributed by atoms with Crippen LogP contribution in [0.4, 0.5) is 0 Å². The van der Waals surface area contributed by atoms with E-state index in [-0.39, 0.29) is 5.54 Å². The van der Waals surface area contributed by atoms with Gasteiger partial charge >= 0.3 is 0 Å². The summed E-state index contributed by atoms with van der Waals surface area (Å²) in [5.74, 6) is 0. The third-order valence-corrected chi connectivity index (χ3v) is 3.06. The van der Waals surface area contributed by atoms with Crippen molar-refractivity contribution in [2.45, 2.75) is 45.2 Å². The standard InChI is InChI=1S/C11H20N4/c1-11(2,3)15-8-9(12-13-15)10-6-5-7-14(10)4/h8,10H,5-7H2,1-4H3/t10-/m0/s1. The maximum absolute atomic E-state index is 4.29. The minimum atomic E-state index is 0.0302. The molecule has 2 heterocycles. The predicted octanol–water partition coefficient (Wildman–Crippen LogP) is 1.80. The summed E-state index contributed by atoms with van der Waals surface area (Å²) in [6.45, 7) is 7.60. The highest BCUT2D eigenvalue weighted by atomic mass is 15.4. The molecule has 15 heavy (non-hydrogen) atoms. The summed E-state index contributed by atoms with van der Waals surface area (Å²) in [4.78, 5) is 2.36. The molecule has 0 aromatic carbocycles. The lowest BCUT2D eigenvalue weighted by Crippen LogP contribution is -2.22. The number of nitrogens with zero attached hydrogens (tertiary/aromatic N) is 4. The Morgan fingerprint density at radius 1 is 1.40 bits per heavy atom. The summed E-state index contributed by atoms with van der Waals surface area (Å²) in [5.41, 5.74) is 1.15. The SMILES string of the molecule is CN1CCC[C@H]1c1cn(C(C)(C)C)nn1. The fraction of sp³-hybridized carbons (Fsp3) is 0.818. The van der Waals surface area contributed by atoms with Crippen LogP contribution in [0.3, 0.4) is 0 Å². The lowest BCUT2D eigenvalue weighted by Gasteiger charge is -2.18. The molecule has 0 N–H and O–H groups in total. The zero-order valence-electron chi connectivity index (χ0n) is 10.1. The molecule has 0 radical (unpaired) electrons. The summed E-state index contributed by atoms with van der Waals surface area (Å²) < 4.78 is 1.95. The first-order chi connectivity index (χ1) is 6.98. The van der Waals surface area contributed by atoms with Gasteiger partial charge in [-0.05, 0) is 47.2 Å². The van der Waals surface area contributed by atoms with Crippen LogP contribution in [-0.2, 0) is 5.54 Å². The van der Waals surface area contributed by atoms with Crippen molar-refractivity contribution in [2.24, 2.45) is 0 Å². The van der Waals surface area contributed by atoms with Gasteiger partial charge < -0.3 is 0 Å². The molecule has 1 aliphatic heterocycles. The molecular formula is C11H20N4. The van der Waals surface area contributed by atoms with Crippen LogP contribution in [0.5, 0.6) is 0 Å². The summed E-state index contributed by atoms with van der Waals surface area (Å²) in [6, 6.07) is 0.473. The number of likely N-dealkylation sites (tertiary alicyclic amines) is 1. The van der Waals surface area contributed by atoms with Crippen LogP contribution in [0.2, 0.25) is 0 Å². The van der Waals surface area contributed by atoms with E-state index >= 15 is 0 Å². The zero-order chi connectivity index (χ0) is 11.1. The third-order valence-electron chi connectivity index (χ3n) is 3.06. The van der Waals surface area contributed by atoms with E-state index in [9.17, 15) is 0 Å². The van der Waals surface area contributed by atoms with Crippen LogP contribution >= 0.6 is 0 Å². The molecule has 4 nitrogen and oxygen atoms in total. The molecule has 1 aromatic heterocycles. The average molecular weight is 208 g/mol. The van der Waals surface area contributed by atoms with Crippen molar-refractivity contribution in [3.8, 4) is 0 Å². The van der Waals surface area contributed by atoms with E-state index in [2.05, 4.69) is 49.2 Å². The number of hydrogen-bond acceptors (Lipinski definition) is 3. The molecule has 0 bridgehead atoms. The molecule has 2 rings (SSSR count). The van der Waals surface area contributed by atoms with Gasteiger partial charge in [-0.3, -0.25) is 4.90 Å². The summed E-state index contributed by atoms with van der Waals surface area (Å²) in [6.07, 6.45) is 4.56. The third kappa shape index (κ3) is 2.04. The topological polar surface area (TPSA) is 34.0 Å². The van der Waals surface area contributed by atoms with Crippen LogP contribution in [0.15, 0.2) is 6.20 Å². The maximum atomic E-state index is 4.29. The highest BCUT2D eigenvalue weighted by Crippen LogP contribution is 2.29. The van der Waals surface area contributed by atoms with Gasteiger partial charge in [0.25, 0.3) is 0 Å². The van der Waals surface area contributed by atoms with E-state index in [1.165, 1.54) is 19.4 Å². The Morgan fingerprint density at radius 2 is 2.13 bits per heavy atom. The van der Waals surface area contributed by atoms with E-state index in [0.29, 0.717) is 6.04 Å². The van der Waals surface area contributed by atoms with Crippen molar-refractivity contribution in [2.75, 3.05) is 13.6 Å². The van der Waals surface area contributed by atoms with Crippen molar-refractivity contribution in [3.63, 3.8) is 0 Å². The Labute approximate surface area is 91.3 Å². The molecule has 1 atom stereocenters. The fourth-order valence-corrected chi connectivity index (χ4v) is 2.04. The van der Waals surface area contributed by atoms with E-state index in [0.717, 1.165) is 5.69 Å². The first kappa shape index (κ1) is 10.6. The molecule has 1 aliphatic rings. The summed E-state index contributed by atoms with van der Waals surface area (Å²) >= 11 is 0. The van der Waals surface area contributed by atoms with E-state index in [1.807, 2.05) is 4.68 Å². The highest BCUT2D eigenvalue weighted by Gasteiger charge is 2.26. The average Bonchev–Trinajstić information content (AvgIpc) is 2.69. The Kier molecular flexibility index (Phi) is 2.54. The Hall–Kier alpha value is -0.900. The second-order valence-corrected chi connectivity index (χ2v) is 5.40. The lowest BCUT2D eigenvalue weighted by molar-refractivity contribution is 0.311. The van der Waals surface area contributed by atoms with Crippen molar-refractivity contribution in [3.05, 3.63) is 11.9 Å². The van der Waals surface area contributed by atoms with Gasteiger partial charge in [-0.1, -0.05) is 5.21 Å². The molecule has 0 saturated carbocycles. The van der Waals surface area contributed by atoms with E-state index < -0.39 is 0 Å². The summed E-state index contributed by atoms with van der Waals surface area (Å²) in [5, 5.41) is 8.49. The number of rotatable bonds is 1. The first-order valence-corrected chi connectivity index (χ1v) is 5.61. The fourth-order valence-electron chi connectivity index (χ4n) is 2.04.